The zero-order valence-corrected chi connectivity index (χ0v) is 19.8. The quantitative estimate of drug-likeness (QED) is 0.400. The summed E-state index contributed by atoms with van der Waals surface area (Å²) >= 11 is 3.31. The van der Waals surface area contributed by atoms with E-state index in [4.69, 9.17) is 9.47 Å². The van der Waals surface area contributed by atoms with E-state index in [-0.39, 0.29) is 18.9 Å². The standard InChI is InChI=1S/C24H25BrN2O6/c1-2-3-12-32-23(30)16-4-10-20(11-5-16)27-14-17(13-22(27)29)24(31)33-15-21(28)26-19-8-6-18(25)7-9-19/h4-11,17H,2-3,12-15H2,1H3,(H,26,28)/t17-/m0/s1. The molecule has 0 radical (unpaired) electrons. The van der Waals surface area contributed by atoms with Gasteiger partial charge in [-0.15, -0.1) is 0 Å². The van der Waals surface area contributed by atoms with E-state index in [1.807, 2.05) is 6.92 Å². The Morgan fingerprint density at radius 3 is 2.42 bits per heavy atom. The minimum atomic E-state index is -0.670. The number of hydrogen-bond donors (Lipinski definition) is 1. The van der Waals surface area contributed by atoms with Crippen molar-refractivity contribution in [1.29, 1.82) is 0 Å². The summed E-state index contributed by atoms with van der Waals surface area (Å²) in [5.74, 6) is -2.38. The molecule has 1 atom stereocenters. The third-order valence-corrected chi connectivity index (χ3v) is 5.61. The number of benzene rings is 2. The Kier molecular flexibility index (Phi) is 8.59. The van der Waals surface area contributed by atoms with Crippen molar-refractivity contribution in [3.63, 3.8) is 0 Å². The normalized spacial score (nSPS) is 15.3. The smallest absolute Gasteiger partial charge is 0.338 e. The largest absolute Gasteiger partial charge is 0.462 e. The van der Waals surface area contributed by atoms with Crippen molar-refractivity contribution in [2.75, 3.05) is 30.0 Å². The van der Waals surface area contributed by atoms with Crippen molar-refractivity contribution in [3.05, 3.63) is 58.6 Å². The molecule has 0 spiro atoms. The van der Waals surface area contributed by atoms with E-state index >= 15 is 0 Å². The molecule has 33 heavy (non-hydrogen) atoms. The van der Waals surface area contributed by atoms with E-state index in [0.29, 0.717) is 23.5 Å². The summed E-state index contributed by atoms with van der Waals surface area (Å²) in [6.07, 6.45) is 1.73. The van der Waals surface area contributed by atoms with E-state index in [9.17, 15) is 19.2 Å². The number of hydrogen-bond acceptors (Lipinski definition) is 6. The molecule has 0 unspecified atom stereocenters. The van der Waals surface area contributed by atoms with Crippen LogP contribution in [-0.2, 0) is 23.9 Å². The molecule has 174 valence electrons. The Bertz CT molecular complexity index is 1010. The number of carbonyl (C=O) groups is 4. The topological polar surface area (TPSA) is 102 Å². The second-order valence-electron chi connectivity index (χ2n) is 7.60. The van der Waals surface area contributed by atoms with Crippen LogP contribution in [0.1, 0.15) is 36.5 Å². The number of rotatable bonds is 9. The molecule has 2 aromatic carbocycles. The minimum Gasteiger partial charge on any atom is -0.462 e. The number of amides is 2. The zero-order chi connectivity index (χ0) is 23.8. The highest BCUT2D eigenvalue weighted by Gasteiger charge is 2.36. The van der Waals surface area contributed by atoms with Gasteiger partial charge in [0.25, 0.3) is 5.91 Å². The highest BCUT2D eigenvalue weighted by molar-refractivity contribution is 9.10. The number of ether oxygens (including phenoxy) is 2. The van der Waals surface area contributed by atoms with Crippen molar-refractivity contribution >= 4 is 51.1 Å². The number of anilines is 2. The van der Waals surface area contributed by atoms with Crippen molar-refractivity contribution in [2.24, 2.45) is 5.92 Å². The van der Waals surface area contributed by atoms with Crippen LogP contribution in [0.15, 0.2) is 53.0 Å². The van der Waals surface area contributed by atoms with Crippen LogP contribution in [0, 0.1) is 5.92 Å². The van der Waals surface area contributed by atoms with Crippen molar-refractivity contribution in [3.8, 4) is 0 Å². The lowest BCUT2D eigenvalue weighted by Crippen LogP contribution is -2.28. The van der Waals surface area contributed by atoms with Gasteiger partial charge in [0.2, 0.25) is 5.91 Å². The summed E-state index contributed by atoms with van der Waals surface area (Å²) in [6.45, 7) is 2.09. The van der Waals surface area contributed by atoms with Crippen molar-refractivity contribution in [1.82, 2.24) is 0 Å². The molecular weight excluding hydrogens is 492 g/mol. The van der Waals surface area contributed by atoms with Gasteiger partial charge >= 0.3 is 11.9 Å². The van der Waals surface area contributed by atoms with Gasteiger partial charge in [0, 0.05) is 28.8 Å². The molecule has 0 saturated carbocycles. The fraction of sp³-hybridized carbons (Fsp3) is 0.333. The lowest BCUT2D eigenvalue weighted by molar-refractivity contribution is -0.151. The highest BCUT2D eigenvalue weighted by atomic mass is 79.9. The van der Waals surface area contributed by atoms with Gasteiger partial charge in [0.15, 0.2) is 6.61 Å². The van der Waals surface area contributed by atoms with Gasteiger partial charge in [0.1, 0.15) is 0 Å². The molecule has 0 bridgehead atoms. The number of halogens is 1. The molecule has 0 aliphatic carbocycles. The lowest BCUT2D eigenvalue weighted by atomic mass is 10.1. The number of carbonyl (C=O) groups excluding carboxylic acids is 4. The minimum absolute atomic E-state index is 0.00598. The van der Waals surface area contributed by atoms with Gasteiger partial charge in [-0.3, -0.25) is 14.4 Å². The van der Waals surface area contributed by atoms with Crippen LogP contribution in [0.4, 0.5) is 11.4 Å². The molecule has 1 saturated heterocycles. The van der Waals surface area contributed by atoms with E-state index in [0.717, 1.165) is 17.3 Å². The van der Waals surface area contributed by atoms with Gasteiger partial charge in [-0.05, 0) is 55.0 Å². The Hall–Kier alpha value is -3.20. The maximum Gasteiger partial charge on any atom is 0.338 e. The van der Waals surface area contributed by atoms with Crippen LogP contribution in [0.25, 0.3) is 0 Å². The summed E-state index contributed by atoms with van der Waals surface area (Å²) in [5, 5.41) is 2.64. The second kappa shape index (κ2) is 11.6. The molecule has 2 aromatic rings. The van der Waals surface area contributed by atoms with E-state index in [1.165, 1.54) is 4.90 Å². The molecule has 9 heteroatoms. The number of nitrogens with one attached hydrogen (secondary N) is 1. The maximum absolute atomic E-state index is 12.4. The zero-order valence-electron chi connectivity index (χ0n) is 18.2. The van der Waals surface area contributed by atoms with Crippen LogP contribution in [-0.4, -0.2) is 43.5 Å². The Morgan fingerprint density at radius 1 is 1.06 bits per heavy atom. The summed E-state index contributed by atoms with van der Waals surface area (Å²) in [6, 6.07) is 13.5. The predicted molar refractivity (Wildman–Crippen MR) is 126 cm³/mol. The third kappa shape index (κ3) is 6.89. The van der Waals surface area contributed by atoms with E-state index in [1.54, 1.807) is 48.5 Å². The summed E-state index contributed by atoms with van der Waals surface area (Å²) in [5.41, 5.74) is 1.56. The highest BCUT2D eigenvalue weighted by Crippen LogP contribution is 2.26. The number of unbranched alkanes of at least 4 members (excludes halogenated alkanes) is 1. The fourth-order valence-corrected chi connectivity index (χ4v) is 3.53. The van der Waals surface area contributed by atoms with E-state index in [2.05, 4.69) is 21.2 Å². The lowest BCUT2D eigenvalue weighted by Gasteiger charge is -2.17. The molecule has 1 aliphatic rings. The Labute approximate surface area is 200 Å². The Balaban J connectivity index is 1.49. The summed E-state index contributed by atoms with van der Waals surface area (Å²) in [7, 11) is 0. The maximum atomic E-state index is 12.4. The monoisotopic (exact) mass is 516 g/mol. The van der Waals surface area contributed by atoms with Crippen molar-refractivity contribution in [2.45, 2.75) is 26.2 Å². The average molecular weight is 517 g/mol. The first-order valence-electron chi connectivity index (χ1n) is 10.7. The molecular formula is C24H25BrN2O6. The molecule has 1 aliphatic heterocycles. The van der Waals surface area contributed by atoms with Crippen LogP contribution >= 0.6 is 15.9 Å². The van der Waals surface area contributed by atoms with Gasteiger partial charge in [-0.25, -0.2) is 4.79 Å². The molecule has 3 rings (SSSR count). The second-order valence-corrected chi connectivity index (χ2v) is 8.52. The first-order valence-corrected chi connectivity index (χ1v) is 11.5. The van der Waals surface area contributed by atoms with Crippen LogP contribution < -0.4 is 10.2 Å². The van der Waals surface area contributed by atoms with Crippen LogP contribution in [0.5, 0.6) is 0 Å². The SMILES string of the molecule is CCCCOC(=O)c1ccc(N2C[C@@H](C(=O)OCC(=O)Nc3ccc(Br)cc3)CC2=O)cc1. The molecule has 2 amide bonds. The number of esters is 2. The first kappa shape index (κ1) is 24.4. The van der Waals surface area contributed by atoms with E-state index < -0.39 is 30.4 Å². The van der Waals surface area contributed by atoms with Crippen molar-refractivity contribution < 1.29 is 28.7 Å². The predicted octanol–water partition coefficient (Wildman–Crippen LogP) is 3.94. The summed E-state index contributed by atoms with van der Waals surface area (Å²) < 4.78 is 11.2. The fourth-order valence-electron chi connectivity index (χ4n) is 3.27. The van der Waals surface area contributed by atoms with Gasteiger partial charge < -0.3 is 19.7 Å². The van der Waals surface area contributed by atoms with Crippen LogP contribution in [0.2, 0.25) is 0 Å². The van der Waals surface area contributed by atoms with Crippen LogP contribution in [0.3, 0.4) is 0 Å². The van der Waals surface area contributed by atoms with Gasteiger partial charge in [0.05, 0.1) is 18.1 Å². The molecule has 1 fully saturated rings. The third-order valence-electron chi connectivity index (χ3n) is 5.08. The Morgan fingerprint density at radius 2 is 1.76 bits per heavy atom. The molecule has 8 nitrogen and oxygen atoms in total. The van der Waals surface area contributed by atoms with Gasteiger partial charge in [-0.1, -0.05) is 29.3 Å². The summed E-state index contributed by atoms with van der Waals surface area (Å²) in [4.78, 5) is 50.3. The number of nitrogens with zero attached hydrogens (tertiary/aromatic N) is 1. The average Bonchev–Trinajstić information content (AvgIpc) is 3.21. The molecule has 1 N–H and O–H groups in total. The molecule has 0 aromatic heterocycles. The first-order chi connectivity index (χ1) is 15.9. The van der Waals surface area contributed by atoms with Gasteiger partial charge in [-0.2, -0.15) is 0 Å². The molecule has 1 heterocycles.